The summed E-state index contributed by atoms with van der Waals surface area (Å²) in [6, 6.07) is 10.3. The Morgan fingerprint density at radius 3 is 2.73 bits per heavy atom. The largest absolute Gasteiger partial charge is 0.323 e. The van der Waals surface area contributed by atoms with Crippen molar-refractivity contribution >= 4 is 11.6 Å². The maximum Gasteiger partial charge on any atom is 0.228 e. The summed E-state index contributed by atoms with van der Waals surface area (Å²) in [5.74, 6) is 0.583. The maximum atomic E-state index is 12.5. The van der Waals surface area contributed by atoms with Gasteiger partial charge in [-0.1, -0.05) is 37.3 Å². The fourth-order valence-electron chi connectivity index (χ4n) is 3.08. The van der Waals surface area contributed by atoms with Crippen molar-refractivity contribution in [2.75, 3.05) is 5.32 Å². The Labute approximate surface area is 131 Å². The molecule has 2 atom stereocenters. The third-order valence-electron chi connectivity index (χ3n) is 4.42. The first-order chi connectivity index (χ1) is 10.6. The molecule has 4 heteroatoms. The quantitative estimate of drug-likeness (QED) is 0.915. The van der Waals surface area contributed by atoms with Crippen molar-refractivity contribution in [2.45, 2.75) is 46.1 Å². The average molecular weight is 297 g/mol. The number of hydrogen-bond acceptors (Lipinski definition) is 2. The van der Waals surface area contributed by atoms with Gasteiger partial charge in [-0.3, -0.25) is 9.48 Å². The molecule has 1 heterocycles. The molecule has 0 spiro atoms. The van der Waals surface area contributed by atoms with Crippen LogP contribution in [0.1, 0.15) is 42.6 Å². The number of aromatic nitrogens is 2. The van der Waals surface area contributed by atoms with Gasteiger partial charge in [0.05, 0.1) is 17.1 Å². The van der Waals surface area contributed by atoms with E-state index in [1.807, 2.05) is 36.7 Å². The van der Waals surface area contributed by atoms with Crippen molar-refractivity contribution in [1.82, 2.24) is 9.78 Å². The van der Waals surface area contributed by atoms with E-state index >= 15 is 0 Å². The average Bonchev–Trinajstić information content (AvgIpc) is 3.28. The number of benzene rings is 1. The molecule has 2 aromatic rings. The Balaban J connectivity index is 1.69. The van der Waals surface area contributed by atoms with Crippen LogP contribution in [0.15, 0.2) is 30.3 Å². The molecule has 22 heavy (non-hydrogen) atoms. The highest BCUT2D eigenvalue weighted by Gasteiger charge is 2.44. The number of aryl methyl sites for hydroxylation is 2. The zero-order valence-corrected chi connectivity index (χ0v) is 13.5. The van der Waals surface area contributed by atoms with E-state index in [1.54, 1.807) is 0 Å². The van der Waals surface area contributed by atoms with Crippen LogP contribution in [0.4, 0.5) is 5.69 Å². The van der Waals surface area contributed by atoms with Gasteiger partial charge in [0.1, 0.15) is 0 Å². The van der Waals surface area contributed by atoms with Crippen LogP contribution >= 0.6 is 0 Å². The first kappa shape index (κ1) is 14.8. The number of carbonyl (C=O) groups excluding carboxylic acids is 1. The monoisotopic (exact) mass is 297 g/mol. The van der Waals surface area contributed by atoms with Crippen LogP contribution in [-0.2, 0) is 11.3 Å². The Kier molecular flexibility index (Phi) is 4.01. The first-order valence-corrected chi connectivity index (χ1v) is 8.01. The minimum Gasteiger partial charge on any atom is -0.323 e. The van der Waals surface area contributed by atoms with Crippen LogP contribution in [-0.4, -0.2) is 15.7 Å². The van der Waals surface area contributed by atoms with Gasteiger partial charge in [-0.15, -0.1) is 0 Å². The van der Waals surface area contributed by atoms with Crippen molar-refractivity contribution in [3.63, 3.8) is 0 Å². The lowest BCUT2D eigenvalue weighted by molar-refractivity contribution is -0.117. The van der Waals surface area contributed by atoms with Crippen molar-refractivity contribution in [3.05, 3.63) is 47.3 Å². The predicted molar refractivity (Wildman–Crippen MR) is 87.9 cm³/mol. The molecule has 0 unspecified atom stereocenters. The van der Waals surface area contributed by atoms with Gasteiger partial charge in [0.15, 0.2) is 0 Å². The highest BCUT2D eigenvalue weighted by atomic mass is 16.2. The number of nitrogens with one attached hydrogen (secondary N) is 1. The molecular weight excluding hydrogens is 274 g/mol. The van der Waals surface area contributed by atoms with Gasteiger partial charge in [0.25, 0.3) is 0 Å². The summed E-state index contributed by atoms with van der Waals surface area (Å²) in [5, 5.41) is 7.61. The Morgan fingerprint density at radius 1 is 1.32 bits per heavy atom. The molecule has 1 aromatic heterocycles. The second-order valence-electron chi connectivity index (χ2n) is 6.12. The molecule has 1 N–H and O–H groups in total. The van der Waals surface area contributed by atoms with Crippen molar-refractivity contribution in [2.24, 2.45) is 5.92 Å². The molecule has 0 bridgehead atoms. The highest BCUT2D eigenvalue weighted by molar-refractivity contribution is 5.96. The van der Waals surface area contributed by atoms with E-state index in [0.29, 0.717) is 5.92 Å². The molecule has 1 aromatic carbocycles. The molecule has 0 saturated heterocycles. The summed E-state index contributed by atoms with van der Waals surface area (Å²) >= 11 is 0. The van der Waals surface area contributed by atoms with Gasteiger partial charge in [0.2, 0.25) is 5.91 Å². The first-order valence-electron chi connectivity index (χ1n) is 8.01. The number of nitrogens with zero attached hydrogens (tertiary/aromatic N) is 2. The van der Waals surface area contributed by atoms with Crippen LogP contribution < -0.4 is 5.32 Å². The minimum absolute atomic E-state index is 0.0933. The van der Waals surface area contributed by atoms with E-state index in [0.717, 1.165) is 36.5 Å². The van der Waals surface area contributed by atoms with Crippen LogP contribution in [0.25, 0.3) is 0 Å². The molecule has 3 rings (SSSR count). The van der Waals surface area contributed by atoms with Crippen molar-refractivity contribution in [1.29, 1.82) is 0 Å². The van der Waals surface area contributed by atoms with Crippen LogP contribution in [0, 0.1) is 19.8 Å². The maximum absolute atomic E-state index is 12.5. The number of carbonyl (C=O) groups is 1. The van der Waals surface area contributed by atoms with Crippen LogP contribution in [0.3, 0.4) is 0 Å². The SMILES string of the molecule is CCCn1nc(C)c(NC(=O)[C@@H]2C[C@H]2c2ccccc2)c1C. The van der Waals surface area contributed by atoms with Crippen molar-refractivity contribution in [3.8, 4) is 0 Å². The standard InChI is InChI=1S/C18H23N3O/c1-4-10-21-13(3)17(12(2)20-21)19-18(22)16-11-15(16)14-8-6-5-7-9-14/h5-9,15-16H,4,10-11H2,1-3H3,(H,19,22)/t15-,16+/m0/s1. The molecule has 1 fully saturated rings. The smallest absolute Gasteiger partial charge is 0.228 e. The predicted octanol–water partition coefficient (Wildman–Crippen LogP) is 3.65. The number of anilines is 1. The second kappa shape index (κ2) is 5.95. The molecule has 0 radical (unpaired) electrons. The molecule has 1 aliphatic rings. The van der Waals surface area contributed by atoms with E-state index in [4.69, 9.17) is 0 Å². The normalized spacial score (nSPS) is 20.0. The molecule has 1 aliphatic carbocycles. The number of hydrogen-bond donors (Lipinski definition) is 1. The topological polar surface area (TPSA) is 46.9 Å². The summed E-state index contributed by atoms with van der Waals surface area (Å²) in [4.78, 5) is 12.5. The van der Waals surface area contributed by atoms with Gasteiger partial charge in [-0.2, -0.15) is 5.10 Å². The minimum atomic E-state index is 0.0933. The van der Waals surface area contributed by atoms with Gasteiger partial charge in [-0.25, -0.2) is 0 Å². The van der Waals surface area contributed by atoms with E-state index in [2.05, 4.69) is 29.5 Å². The summed E-state index contributed by atoms with van der Waals surface area (Å²) in [6.07, 6.45) is 1.98. The van der Waals surface area contributed by atoms with Gasteiger partial charge in [-0.05, 0) is 38.2 Å². The zero-order valence-electron chi connectivity index (χ0n) is 13.5. The zero-order chi connectivity index (χ0) is 15.7. The molecule has 4 nitrogen and oxygen atoms in total. The fraction of sp³-hybridized carbons (Fsp3) is 0.444. The highest BCUT2D eigenvalue weighted by Crippen LogP contribution is 2.48. The van der Waals surface area contributed by atoms with Gasteiger partial charge >= 0.3 is 0 Å². The summed E-state index contributed by atoms with van der Waals surface area (Å²) < 4.78 is 1.98. The summed E-state index contributed by atoms with van der Waals surface area (Å²) in [5.41, 5.74) is 4.09. The Bertz CT molecular complexity index is 675. The van der Waals surface area contributed by atoms with Crippen LogP contribution in [0.5, 0.6) is 0 Å². The number of rotatable bonds is 5. The van der Waals surface area contributed by atoms with E-state index in [-0.39, 0.29) is 11.8 Å². The van der Waals surface area contributed by atoms with E-state index < -0.39 is 0 Å². The molecule has 116 valence electrons. The summed E-state index contributed by atoms with van der Waals surface area (Å²) in [6.45, 7) is 6.99. The van der Waals surface area contributed by atoms with Crippen LogP contribution in [0.2, 0.25) is 0 Å². The lowest BCUT2D eigenvalue weighted by atomic mass is 10.1. The molecule has 1 amide bonds. The van der Waals surface area contributed by atoms with Crippen molar-refractivity contribution < 1.29 is 4.79 Å². The lowest BCUT2D eigenvalue weighted by Crippen LogP contribution is -2.15. The third kappa shape index (κ3) is 2.78. The molecule has 0 aliphatic heterocycles. The van der Waals surface area contributed by atoms with Gasteiger partial charge in [0, 0.05) is 12.5 Å². The summed E-state index contributed by atoms with van der Waals surface area (Å²) in [7, 11) is 0. The van der Waals surface area contributed by atoms with E-state index in [9.17, 15) is 4.79 Å². The second-order valence-corrected chi connectivity index (χ2v) is 6.12. The van der Waals surface area contributed by atoms with Gasteiger partial charge < -0.3 is 5.32 Å². The molecule has 1 saturated carbocycles. The Hall–Kier alpha value is -2.10. The Morgan fingerprint density at radius 2 is 2.05 bits per heavy atom. The van der Waals surface area contributed by atoms with E-state index in [1.165, 1.54) is 5.56 Å². The molecular formula is C18H23N3O. The number of amides is 1. The fourth-order valence-corrected chi connectivity index (χ4v) is 3.08. The third-order valence-corrected chi connectivity index (χ3v) is 4.42. The lowest BCUT2D eigenvalue weighted by Gasteiger charge is -2.06.